The molecule has 2 heterocycles. The van der Waals surface area contributed by atoms with Crippen LogP contribution in [0.25, 0.3) is 17.3 Å². The first-order valence-electron chi connectivity index (χ1n) is 5.19. The molecule has 0 fully saturated rings. The fraction of sp³-hybridized carbons (Fsp3) is 0.167. The molecule has 0 bridgehead atoms. The number of fused-ring (bicyclic) bond motifs is 1. The minimum absolute atomic E-state index is 0.239. The molecule has 0 amide bonds. The molecule has 0 saturated heterocycles. The number of benzene rings is 1. The fourth-order valence-corrected chi connectivity index (χ4v) is 1.85. The van der Waals surface area contributed by atoms with Crippen LogP contribution in [0.2, 0.25) is 0 Å². The second kappa shape index (κ2) is 3.56. The average molecular weight is 215 g/mol. The third kappa shape index (κ3) is 1.43. The smallest absolute Gasteiger partial charge is 0.123 e. The van der Waals surface area contributed by atoms with Crippen LogP contribution in [-0.4, -0.2) is 16.7 Å². The molecule has 80 valence electrons. The summed E-state index contributed by atoms with van der Waals surface area (Å²) in [5, 5.41) is 9.02. The van der Waals surface area contributed by atoms with E-state index < -0.39 is 0 Å². The first kappa shape index (κ1) is 9.27. The quantitative estimate of drug-likeness (QED) is 0.758. The summed E-state index contributed by atoms with van der Waals surface area (Å²) < 4.78 is 12.8. The molecule has 0 saturated carbocycles. The molecule has 4 heteroatoms. The first-order valence-corrected chi connectivity index (χ1v) is 5.19. The van der Waals surface area contributed by atoms with Gasteiger partial charge in [-0.1, -0.05) is 6.08 Å². The lowest BCUT2D eigenvalue weighted by Crippen LogP contribution is -2.27. The van der Waals surface area contributed by atoms with E-state index in [1.165, 1.54) is 12.1 Å². The molecule has 1 aliphatic heterocycles. The Kier molecular flexibility index (Phi) is 2.06. The van der Waals surface area contributed by atoms with E-state index in [1.807, 2.05) is 0 Å². The minimum Gasteiger partial charge on any atom is -0.280 e. The van der Waals surface area contributed by atoms with Gasteiger partial charge in [-0.3, -0.25) is 10.1 Å². The van der Waals surface area contributed by atoms with E-state index in [-0.39, 0.29) is 5.82 Å². The fourth-order valence-electron chi connectivity index (χ4n) is 1.85. The molecule has 3 rings (SSSR count). The van der Waals surface area contributed by atoms with E-state index in [0.717, 1.165) is 34.9 Å². The SMILES string of the molecule is Fc1ccc(-c2n[nH]c3c2=NCCC=3)cc1. The maximum Gasteiger partial charge on any atom is 0.123 e. The standard InChI is InChI=1S/C12H10FN3/c13-9-5-3-8(4-6-9)11-12-10(15-16-11)2-1-7-14-12/h2-6,15H,1,7H2. The number of hydrogen-bond donors (Lipinski definition) is 1. The van der Waals surface area contributed by atoms with Crippen molar-refractivity contribution < 1.29 is 4.39 Å². The molecule has 0 spiro atoms. The molecule has 0 unspecified atom stereocenters. The van der Waals surface area contributed by atoms with Gasteiger partial charge in [0.25, 0.3) is 0 Å². The zero-order valence-electron chi connectivity index (χ0n) is 8.57. The van der Waals surface area contributed by atoms with Crippen molar-refractivity contribution in [1.29, 1.82) is 0 Å². The number of nitrogens with zero attached hydrogens (tertiary/aromatic N) is 2. The Labute approximate surface area is 91.3 Å². The Morgan fingerprint density at radius 3 is 2.81 bits per heavy atom. The summed E-state index contributed by atoms with van der Waals surface area (Å²) in [4.78, 5) is 4.43. The van der Waals surface area contributed by atoms with Gasteiger partial charge in [0.1, 0.15) is 16.9 Å². The van der Waals surface area contributed by atoms with E-state index in [0.29, 0.717) is 0 Å². The second-order valence-corrected chi connectivity index (χ2v) is 3.72. The van der Waals surface area contributed by atoms with Crippen LogP contribution in [0, 0.1) is 5.82 Å². The largest absolute Gasteiger partial charge is 0.280 e. The lowest BCUT2D eigenvalue weighted by molar-refractivity contribution is 0.628. The average Bonchev–Trinajstić information content (AvgIpc) is 2.74. The molecule has 1 aromatic heterocycles. The molecule has 2 aromatic rings. The summed E-state index contributed by atoms with van der Waals surface area (Å²) in [5.74, 6) is -0.239. The Balaban J connectivity index is 2.22. The molecule has 1 aliphatic rings. The Bertz CT molecular complexity index is 625. The van der Waals surface area contributed by atoms with Crippen LogP contribution in [0.3, 0.4) is 0 Å². The van der Waals surface area contributed by atoms with E-state index in [9.17, 15) is 4.39 Å². The molecule has 16 heavy (non-hydrogen) atoms. The topological polar surface area (TPSA) is 41.0 Å². The molecule has 0 aliphatic carbocycles. The predicted molar refractivity (Wildman–Crippen MR) is 58.7 cm³/mol. The summed E-state index contributed by atoms with van der Waals surface area (Å²) in [5.41, 5.74) is 1.68. The van der Waals surface area contributed by atoms with Crippen LogP contribution in [0.4, 0.5) is 4.39 Å². The summed E-state index contributed by atoms with van der Waals surface area (Å²) >= 11 is 0. The Morgan fingerprint density at radius 2 is 2.00 bits per heavy atom. The number of H-pyrrole nitrogens is 1. The van der Waals surface area contributed by atoms with Crippen molar-refractivity contribution in [1.82, 2.24) is 10.2 Å². The Hall–Kier alpha value is -1.97. The van der Waals surface area contributed by atoms with E-state index in [2.05, 4.69) is 21.3 Å². The van der Waals surface area contributed by atoms with E-state index >= 15 is 0 Å². The predicted octanol–water partition coefficient (Wildman–Crippen LogP) is 1.02. The van der Waals surface area contributed by atoms with E-state index in [1.54, 1.807) is 12.1 Å². The highest BCUT2D eigenvalue weighted by Gasteiger charge is 2.07. The van der Waals surface area contributed by atoms with Crippen LogP contribution in [0.1, 0.15) is 6.42 Å². The van der Waals surface area contributed by atoms with Crippen molar-refractivity contribution in [3.63, 3.8) is 0 Å². The van der Waals surface area contributed by atoms with Gasteiger partial charge >= 0.3 is 0 Å². The number of hydrogen-bond acceptors (Lipinski definition) is 2. The lowest BCUT2D eigenvalue weighted by atomic mass is 10.1. The number of aromatic amines is 1. The number of nitrogens with one attached hydrogen (secondary N) is 1. The minimum atomic E-state index is -0.239. The van der Waals surface area contributed by atoms with Crippen LogP contribution < -0.4 is 10.7 Å². The molecule has 1 aromatic carbocycles. The van der Waals surface area contributed by atoms with Crippen molar-refractivity contribution in [2.24, 2.45) is 4.99 Å². The van der Waals surface area contributed by atoms with Gasteiger partial charge in [-0.25, -0.2) is 4.39 Å². The Morgan fingerprint density at radius 1 is 1.19 bits per heavy atom. The third-order valence-electron chi connectivity index (χ3n) is 2.63. The molecule has 0 radical (unpaired) electrons. The highest BCUT2D eigenvalue weighted by atomic mass is 19.1. The molecular weight excluding hydrogens is 205 g/mol. The van der Waals surface area contributed by atoms with Crippen molar-refractivity contribution in [2.75, 3.05) is 6.54 Å². The number of rotatable bonds is 1. The van der Waals surface area contributed by atoms with E-state index in [4.69, 9.17) is 0 Å². The van der Waals surface area contributed by atoms with Crippen LogP contribution in [0.15, 0.2) is 29.3 Å². The summed E-state index contributed by atoms with van der Waals surface area (Å²) in [7, 11) is 0. The molecule has 0 atom stereocenters. The van der Waals surface area contributed by atoms with Crippen molar-refractivity contribution in [3.05, 3.63) is 40.8 Å². The summed E-state index contributed by atoms with van der Waals surface area (Å²) in [6.07, 6.45) is 3.03. The zero-order chi connectivity index (χ0) is 11.0. The van der Waals surface area contributed by atoms with Crippen molar-refractivity contribution in [3.8, 4) is 11.3 Å². The highest BCUT2D eigenvalue weighted by molar-refractivity contribution is 5.58. The second-order valence-electron chi connectivity index (χ2n) is 3.72. The van der Waals surface area contributed by atoms with Gasteiger partial charge in [0.2, 0.25) is 0 Å². The number of aromatic nitrogens is 2. The first-order chi connectivity index (χ1) is 7.84. The van der Waals surface area contributed by atoms with Gasteiger partial charge < -0.3 is 0 Å². The van der Waals surface area contributed by atoms with Crippen LogP contribution >= 0.6 is 0 Å². The van der Waals surface area contributed by atoms with Crippen molar-refractivity contribution in [2.45, 2.75) is 6.42 Å². The molecule has 1 N–H and O–H groups in total. The highest BCUT2D eigenvalue weighted by Crippen LogP contribution is 2.12. The van der Waals surface area contributed by atoms with Crippen molar-refractivity contribution >= 4 is 6.08 Å². The maximum absolute atomic E-state index is 12.8. The number of halogens is 1. The zero-order valence-corrected chi connectivity index (χ0v) is 8.57. The lowest BCUT2D eigenvalue weighted by Gasteiger charge is -1.97. The monoisotopic (exact) mass is 215 g/mol. The van der Waals surface area contributed by atoms with Gasteiger partial charge in [0.05, 0.1) is 5.35 Å². The third-order valence-corrected chi connectivity index (χ3v) is 2.63. The molecule has 3 nitrogen and oxygen atoms in total. The van der Waals surface area contributed by atoms with Gasteiger partial charge in [-0.05, 0) is 30.7 Å². The normalized spacial score (nSPS) is 13.8. The molecular formula is C12H10FN3. The van der Waals surface area contributed by atoms with Gasteiger partial charge in [-0.15, -0.1) is 0 Å². The van der Waals surface area contributed by atoms with Gasteiger partial charge in [0, 0.05) is 12.1 Å². The summed E-state index contributed by atoms with van der Waals surface area (Å²) in [6, 6.07) is 6.30. The van der Waals surface area contributed by atoms with Gasteiger partial charge in [-0.2, -0.15) is 5.10 Å². The van der Waals surface area contributed by atoms with Gasteiger partial charge in [0.15, 0.2) is 0 Å². The van der Waals surface area contributed by atoms with Crippen LogP contribution in [0.5, 0.6) is 0 Å². The summed E-state index contributed by atoms with van der Waals surface area (Å²) in [6.45, 7) is 0.792. The van der Waals surface area contributed by atoms with Crippen LogP contribution in [-0.2, 0) is 0 Å². The maximum atomic E-state index is 12.8.